The summed E-state index contributed by atoms with van der Waals surface area (Å²) in [6.07, 6.45) is 1.13. The van der Waals surface area contributed by atoms with Crippen LogP contribution in [0, 0.1) is 0 Å². The number of nitrogens with zero attached hydrogens (tertiary/aromatic N) is 2. The number of carbonyl (C=O) groups is 3. The molecule has 6 nitrogen and oxygen atoms in total. The molecule has 1 heterocycles. The highest BCUT2D eigenvalue weighted by Gasteiger charge is 2.36. The van der Waals surface area contributed by atoms with Gasteiger partial charge in [-0.25, -0.2) is 0 Å². The van der Waals surface area contributed by atoms with Gasteiger partial charge in [-0.3, -0.25) is 19.3 Å². The van der Waals surface area contributed by atoms with E-state index in [1.54, 1.807) is 15.9 Å². The van der Waals surface area contributed by atoms with E-state index < -0.39 is 6.04 Å². The van der Waals surface area contributed by atoms with Gasteiger partial charge in [0.1, 0.15) is 12.6 Å². The van der Waals surface area contributed by atoms with Crippen molar-refractivity contribution in [1.29, 1.82) is 0 Å². The third-order valence-corrected chi connectivity index (χ3v) is 8.01. The van der Waals surface area contributed by atoms with Crippen LogP contribution in [0.4, 0.5) is 5.69 Å². The van der Waals surface area contributed by atoms with Gasteiger partial charge < -0.3 is 10.2 Å². The van der Waals surface area contributed by atoms with Crippen LogP contribution in [0.5, 0.6) is 0 Å². The van der Waals surface area contributed by atoms with E-state index in [9.17, 15) is 14.4 Å². The molecule has 3 amide bonds. The summed E-state index contributed by atoms with van der Waals surface area (Å²) in [6, 6.07) is 28.0. The predicted molar refractivity (Wildman–Crippen MR) is 162 cm³/mol. The first-order valence-electron chi connectivity index (χ1n) is 13.6. The zero-order chi connectivity index (χ0) is 28.2. The van der Waals surface area contributed by atoms with Gasteiger partial charge >= 0.3 is 0 Å². The van der Waals surface area contributed by atoms with Crippen LogP contribution in [0.2, 0.25) is 0 Å². The van der Waals surface area contributed by atoms with E-state index in [-0.39, 0.29) is 36.9 Å². The average molecular weight is 599 g/mol. The Bertz CT molecular complexity index is 1530. The number of benzene rings is 4. The molecule has 0 saturated carbocycles. The fraction of sp³-hybridized carbons (Fsp3) is 0.242. The van der Waals surface area contributed by atoms with Crippen LogP contribution in [0.25, 0.3) is 10.8 Å². The number of carbonyl (C=O) groups excluding carboxylic acids is 3. The molecule has 5 rings (SSSR count). The summed E-state index contributed by atoms with van der Waals surface area (Å²) in [5.41, 5.74) is 3.16. The molecule has 7 heteroatoms. The molecule has 4 aromatic carbocycles. The van der Waals surface area contributed by atoms with Gasteiger partial charge in [0.25, 0.3) is 5.91 Å². The summed E-state index contributed by atoms with van der Waals surface area (Å²) < 4.78 is 0.929. The molecule has 4 aromatic rings. The predicted octanol–water partition coefficient (Wildman–Crippen LogP) is 6.12. The summed E-state index contributed by atoms with van der Waals surface area (Å²) in [5.74, 6) is -0.699. The molecule has 0 radical (unpaired) electrons. The van der Waals surface area contributed by atoms with Crippen LogP contribution < -0.4 is 10.2 Å². The Morgan fingerprint density at radius 3 is 2.30 bits per heavy atom. The van der Waals surface area contributed by atoms with Crippen LogP contribution in [0.3, 0.4) is 0 Å². The lowest BCUT2D eigenvalue weighted by Crippen LogP contribution is -2.54. The van der Waals surface area contributed by atoms with Crippen molar-refractivity contribution >= 4 is 50.1 Å². The van der Waals surface area contributed by atoms with Gasteiger partial charge in [-0.2, -0.15) is 0 Å². The van der Waals surface area contributed by atoms with Crippen molar-refractivity contribution in [2.75, 3.05) is 11.4 Å². The second kappa shape index (κ2) is 12.0. The molecule has 2 atom stereocenters. The van der Waals surface area contributed by atoms with Gasteiger partial charge in [0.15, 0.2) is 0 Å². The standard InChI is InChI=1S/C33H32BrN3O3/c1-3-22(2)35-32(39)29(19-23-9-5-4-6-10-23)36(20-24-15-17-26(34)18-16-24)30(38)21-37-28-14-8-12-25-11-7-13-27(31(25)28)33(37)40/h4-18,22,29H,3,19-21H2,1-2H3,(H,35,39)/t22-,29+/m0/s1. The molecule has 0 aliphatic carbocycles. The fourth-order valence-corrected chi connectivity index (χ4v) is 5.41. The van der Waals surface area contributed by atoms with Crippen molar-refractivity contribution in [3.05, 3.63) is 112 Å². The zero-order valence-corrected chi connectivity index (χ0v) is 24.2. The molecule has 1 N–H and O–H groups in total. The van der Waals surface area contributed by atoms with E-state index in [4.69, 9.17) is 0 Å². The van der Waals surface area contributed by atoms with Crippen LogP contribution in [-0.4, -0.2) is 41.2 Å². The highest BCUT2D eigenvalue weighted by atomic mass is 79.9. The van der Waals surface area contributed by atoms with E-state index in [1.165, 1.54) is 0 Å². The number of anilines is 1. The summed E-state index contributed by atoms with van der Waals surface area (Å²) in [5, 5.41) is 4.91. The Balaban J connectivity index is 1.51. The summed E-state index contributed by atoms with van der Waals surface area (Å²) >= 11 is 3.48. The minimum Gasteiger partial charge on any atom is -0.352 e. The Labute approximate surface area is 243 Å². The smallest absolute Gasteiger partial charge is 0.259 e. The maximum Gasteiger partial charge on any atom is 0.259 e. The van der Waals surface area contributed by atoms with E-state index in [0.29, 0.717) is 12.0 Å². The van der Waals surface area contributed by atoms with Gasteiger partial charge in [0.05, 0.1) is 5.69 Å². The second-order valence-corrected chi connectivity index (χ2v) is 11.2. The number of hydrogen-bond donors (Lipinski definition) is 1. The largest absolute Gasteiger partial charge is 0.352 e. The average Bonchev–Trinajstić information content (AvgIpc) is 3.24. The third-order valence-electron chi connectivity index (χ3n) is 7.48. The van der Waals surface area contributed by atoms with E-state index in [1.807, 2.05) is 98.8 Å². The topological polar surface area (TPSA) is 69.7 Å². The molecule has 0 spiro atoms. The van der Waals surface area contributed by atoms with Crippen LogP contribution in [-0.2, 0) is 22.6 Å². The first-order chi connectivity index (χ1) is 19.4. The summed E-state index contributed by atoms with van der Waals surface area (Å²) in [4.78, 5) is 44.6. The van der Waals surface area contributed by atoms with Crippen molar-refractivity contribution in [3.8, 4) is 0 Å². The number of halogens is 1. The molecular weight excluding hydrogens is 566 g/mol. The minimum absolute atomic E-state index is 0.0392. The number of amides is 3. The lowest BCUT2D eigenvalue weighted by Gasteiger charge is -2.33. The Kier molecular flexibility index (Phi) is 8.31. The zero-order valence-electron chi connectivity index (χ0n) is 22.6. The molecule has 204 valence electrons. The quantitative estimate of drug-likeness (QED) is 0.239. The SMILES string of the molecule is CC[C@H](C)NC(=O)[C@@H](Cc1ccccc1)N(Cc1ccc(Br)cc1)C(=O)CN1C(=O)c2cccc3cccc1c23. The number of nitrogens with one attached hydrogen (secondary N) is 1. The van der Waals surface area contributed by atoms with Crippen molar-refractivity contribution < 1.29 is 14.4 Å². The van der Waals surface area contributed by atoms with E-state index in [2.05, 4.69) is 21.2 Å². The summed E-state index contributed by atoms with van der Waals surface area (Å²) in [6.45, 7) is 4.04. The first-order valence-corrected chi connectivity index (χ1v) is 14.4. The molecular formula is C33H32BrN3O3. The maximum atomic E-state index is 14.2. The summed E-state index contributed by atoms with van der Waals surface area (Å²) in [7, 11) is 0. The molecule has 0 fully saturated rings. The monoisotopic (exact) mass is 597 g/mol. The van der Waals surface area contributed by atoms with Crippen molar-refractivity contribution in [2.24, 2.45) is 0 Å². The Morgan fingerprint density at radius 1 is 0.900 bits per heavy atom. The Hall–Kier alpha value is -3.97. The van der Waals surface area contributed by atoms with Crippen molar-refractivity contribution in [1.82, 2.24) is 10.2 Å². The fourth-order valence-electron chi connectivity index (χ4n) is 5.14. The first kappa shape index (κ1) is 27.6. The van der Waals surface area contributed by atoms with Gasteiger partial charge in [-0.05, 0) is 54.1 Å². The Morgan fingerprint density at radius 2 is 1.60 bits per heavy atom. The van der Waals surface area contributed by atoms with Gasteiger partial charge in [0, 0.05) is 34.4 Å². The van der Waals surface area contributed by atoms with Gasteiger partial charge in [-0.15, -0.1) is 0 Å². The van der Waals surface area contributed by atoms with Crippen LogP contribution in [0.1, 0.15) is 41.8 Å². The minimum atomic E-state index is -0.761. The van der Waals surface area contributed by atoms with Crippen molar-refractivity contribution in [3.63, 3.8) is 0 Å². The van der Waals surface area contributed by atoms with Gasteiger partial charge in [0.2, 0.25) is 11.8 Å². The highest BCUT2D eigenvalue weighted by molar-refractivity contribution is 9.10. The van der Waals surface area contributed by atoms with E-state index >= 15 is 0 Å². The van der Waals surface area contributed by atoms with E-state index in [0.717, 1.165) is 38.5 Å². The number of rotatable bonds is 10. The number of hydrogen-bond acceptors (Lipinski definition) is 3. The lowest BCUT2D eigenvalue weighted by molar-refractivity contribution is -0.140. The normalized spacial score (nSPS) is 13.8. The van der Waals surface area contributed by atoms with Crippen LogP contribution in [0.15, 0.2) is 95.5 Å². The molecule has 0 aromatic heterocycles. The highest BCUT2D eigenvalue weighted by Crippen LogP contribution is 2.37. The molecule has 0 bridgehead atoms. The molecule has 0 unspecified atom stereocenters. The molecule has 40 heavy (non-hydrogen) atoms. The molecule has 1 aliphatic heterocycles. The molecule has 0 saturated heterocycles. The lowest BCUT2D eigenvalue weighted by atomic mass is 10.0. The van der Waals surface area contributed by atoms with Crippen LogP contribution >= 0.6 is 15.9 Å². The maximum absolute atomic E-state index is 14.2. The second-order valence-electron chi connectivity index (χ2n) is 10.2. The third kappa shape index (κ3) is 5.80. The van der Waals surface area contributed by atoms with Gasteiger partial charge in [-0.1, -0.05) is 89.6 Å². The molecule has 1 aliphatic rings. The van der Waals surface area contributed by atoms with Crippen molar-refractivity contribution in [2.45, 2.75) is 45.3 Å².